The Morgan fingerprint density at radius 3 is 2.38 bits per heavy atom. The summed E-state index contributed by atoms with van der Waals surface area (Å²) in [6, 6.07) is 17.1. The summed E-state index contributed by atoms with van der Waals surface area (Å²) in [7, 11) is 0. The fourth-order valence-electron chi connectivity index (χ4n) is 3.98. The van der Waals surface area contributed by atoms with E-state index in [1.807, 2.05) is 30.3 Å². The number of nitrogens with two attached hydrogens (primary N) is 1. The molecule has 37 heavy (non-hydrogen) atoms. The number of amides is 2. The highest BCUT2D eigenvalue weighted by Crippen LogP contribution is 2.35. The number of hydrogen-bond donors (Lipinski definition) is 3. The zero-order valence-corrected chi connectivity index (χ0v) is 19.1. The van der Waals surface area contributed by atoms with Gasteiger partial charge in [-0.15, -0.1) is 5.10 Å². The molecule has 1 atom stereocenters. The third-order valence-electron chi connectivity index (χ3n) is 5.88. The van der Waals surface area contributed by atoms with Crippen LogP contribution in [0, 0.1) is 0 Å². The maximum Gasteiger partial charge on any atom is 0.340 e. The Hall–Kier alpha value is -5.16. The van der Waals surface area contributed by atoms with E-state index in [1.165, 1.54) is 12.1 Å². The maximum atomic E-state index is 13.5. The Kier molecular flexibility index (Phi) is 6.04. The molecule has 4 aromatic rings. The lowest BCUT2D eigenvalue weighted by Gasteiger charge is -2.19. The molecule has 0 saturated carbocycles. The van der Waals surface area contributed by atoms with E-state index < -0.39 is 36.4 Å². The first-order chi connectivity index (χ1) is 17.8. The minimum absolute atomic E-state index is 0.00411. The van der Waals surface area contributed by atoms with Gasteiger partial charge < -0.3 is 15.6 Å². The highest BCUT2D eigenvalue weighted by atomic mass is 16.5. The molecular weight excluding hydrogens is 478 g/mol. The molecule has 11 heteroatoms. The van der Waals surface area contributed by atoms with Gasteiger partial charge >= 0.3 is 11.9 Å². The van der Waals surface area contributed by atoms with E-state index in [1.54, 1.807) is 30.5 Å². The number of carbonyl (C=O) groups excluding carboxylic acids is 3. The number of aromatic amines is 1. The molecule has 4 N–H and O–H groups in total. The molecule has 184 valence electrons. The van der Waals surface area contributed by atoms with Crippen LogP contribution in [0.15, 0.2) is 72.9 Å². The van der Waals surface area contributed by atoms with Gasteiger partial charge in [0.1, 0.15) is 18.3 Å². The molecule has 0 unspecified atom stereocenters. The predicted molar refractivity (Wildman–Crippen MR) is 131 cm³/mol. The smallest absolute Gasteiger partial charge is 0.340 e. The Bertz CT molecular complexity index is 1530. The van der Waals surface area contributed by atoms with E-state index in [2.05, 4.69) is 15.4 Å². The largest absolute Gasteiger partial charge is 0.480 e. The van der Waals surface area contributed by atoms with Gasteiger partial charge in [-0.2, -0.15) is 0 Å². The molecule has 0 fully saturated rings. The summed E-state index contributed by atoms with van der Waals surface area (Å²) in [6.07, 6.45) is 1.56. The lowest BCUT2D eigenvalue weighted by Crippen LogP contribution is -2.36. The fraction of sp³-hybridized carbons (Fsp3) is 0.0769. The number of carboxylic acids is 1. The third-order valence-corrected chi connectivity index (χ3v) is 5.88. The second-order valence-electron chi connectivity index (χ2n) is 8.21. The number of anilines is 1. The molecule has 3 aromatic carbocycles. The van der Waals surface area contributed by atoms with Crippen LogP contribution in [0.1, 0.15) is 31.1 Å². The van der Waals surface area contributed by atoms with Crippen molar-refractivity contribution in [3.05, 3.63) is 89.6 Å². The van der Waals surface area contributed by atoms with Crippen LogP contribution in [0.3, 0.4) is 0 Å². The molecule has 2 heterocycles. The van der Waals surface area contributed by atoms with Crippen LogP contribution in [-0.2, 0) is 9.53 Å². The number of aromatic nitrogens is 3. The van der Waals surface area contributed by atoms with Crippen LogP contribution in [0.4, 0.5) is 5.69 Å². The number of hydrogen-bond acceptors (Lipinski definition) is 8. The number of esters is 1. The number of ether oxygens (including phenoxy) is 1. The summed E-state index contributed by atoms with van der Waals surface area (Å²) >= 11 is 0. The Morgan fingerprint density at radius 1 is 0.946 bits per heavy atom. The molecule has 11 nitrogen and oxygen atoms in total. The number of H-pyrrole nitrogens is 1. The second kappa shape index (κ2) is 9.47. The number of nitrogens with zero attached hydrogens (tertiary/aromatic N) is 3. The van der Waals surface area contributed by atoms with E-state index in [4.69, 9.17) is 15.6 Å². The Labute approximate surface area is 209 Å². The first-order valence-corrected chi connectivity index (χ1v) is 11.1. The summed E-state index contributed by atoms with van der Waals surface area (Å²) < 4.78 is 5.10. The summed E-state index contributed by atoms with van der Waals surface area (Å²) in [5.41, 5.74) is 8.18. The van der Waals surface area contributed by atoms with Crippen LogP contribution in [0.25, 0.3) is 22.4 Å². The average molecular weight is 497 g/mol. The molecular formula is C26H19N5O6. The van der Waals surface area contributed by atoms with E-state index in [9.17, 15) is 19.2 Å². The van der Waals surface area contributed by atoms with Gasteiger partial charge in [0, 0.05) is 11.8 Å². The lowest BCUT2D eigenvalue weighted by molar-refractivity contribution is -0.139. The van der Waals surface area contributed by atoms with Gasteiger partial charge in [0.2, 0.25) is 0 Å². The van der Waals surface area contributed by atoms with E-state index in [-0.39, 0.29) is 22.4 Å². The molecule has 0 aliphatic carbocycles. The number of aliphatic carboxylic acids is 1. The van der Waals surface area contributed by atoms with Crippen molar-refractivity contribution in [2.45, 2.75) is 6.04 Å². The van der Waals surface area contributed by atoms with Gasteiger partial charge in [0.25, 0.3) is 11.8 Å². The quantitative estimate of drug-likeness (QED) is 0.256. The van der Waals surface area contributed by atoms with Crippen LogP contribution in [0.2, 0.25) is 0 Å². The van der Waals surface area contributed by atoms with Crippen molar-refractivity contribution in [2.24, 2.45) is 5.73 Å². The fourth-order valence-corrected chi connectivity index (χ4v) is 3.98. The highest BCUT2D eigenvalue weighted by Gasteiger charge is 2.39. The summed E-state index contributed by atoms with van der Waals surface area (Å²) in [6.45, 7) is -0.586. The molecule has 0 bridgehead atoms. The minimum Gasteiger partial charge on any atom is -0.480 e. The van der Waals surface area contributed by atoms with Crippen molar-refractivity contribution in [1.29, 1.82) is 0 Å². The summed E-state index contributed by atoms with van der Waals surface area (Å²) in [4.78, 5) is 51.8. The molecule has 0 saturated heterocycles. The van der Waals surface area contributed by atoms with Gasteiger partial charge in [-0.3, -0.25) is 19.5 Å². The van der Waals surface area contributed by atoms with Gasteiger partial charge in [-0.1, -0.05) is 47.7 Å². The monoisotopic (exact) mass is 497 g/mol. The standard InChI is InChI=1S/C26H19N5O6/c27-20(25(34)35)13-37-26(36)18-9-6-15(14-4-2-1-3-5-14)11-22(18)31-23(32)17-8-7-16(10-19(17)24(31)33)21-12-28-30-29-21/h1-12,20H,13,27H2,(H,34,35)(H,28,29,30)/t20-/m0/s1. The zero-order chi connectivity index (χ0) is 26.1. The van der Waals surface area contributed by atoms with E-state index in [0.29, 0.717) is 16.8 Å². The van der Waals surface area contributed by atoms with Gasteiger partial charge in [0.05, 0.1) is 22.4 Å². The maximum absolute atomic E-state index is 13.5. The number of carboxylic acid groups (broad SMARTS) is 1. The first kappa shape index (κ1) is 23.6. The SMILES string of the molecule is N[C@@H](COC(=O)c1ccc(-c2ccccc2)cc1N1C(=O)c2ccc(-c3c[nH]nn3)cc2C1=O)C(=O)O. The molecule has 5 rings (SSSR count). The van der Waals surface area contributed by atoms with Crippen molar-refractivity contribution in [2.75, 3.05) is 11.5 Å². The normalized spacial score (nSPS) is 13.4. The van der Waals surface area contributed by atoms with Gasteiger partial charge in [-0.25, -0.2) is 9.69 Å². The summed E-state index contributed by atoms with van der Waals surface area (Å²) in [5, 5.41) is 19.2. The van der Waals surface area contributed by atoms with Crippen LogP contribution < -0.4 is 10.6 Å². The summed E-state index contributed by atoms with van der Waals surface area (Å²) in [5.74, 6) is -3.51. The number of benzene rings is 3. The molecule has 0 radical (unpaired) electrons. The molecule has 1 aromatic heterocycles. The van der Waals surface area contributed by atoms with Crippen molar-refractivity contribution in [3.63, 3.8) is 0 Å². The van der Waals surface area contributed by atoms with Gasteiger partial charge in [0.15, 0.2) is 0 Å². The number of imide groups is 1. The van der Waals surface area contributed by atoms with E-state index >= 15 is 0 Å². The van der Waals surface area contributed by atoms with Crippen molar-refractivity contribution < 1.29 is 29.0 Å². The van der Waals surface area contributed by atoms with Crippen LogP contribution in [-0.4, -0.2) is 56.9 Å². The molecule has 1 aliphatic heterocycles. The van der Waals surface area contributed by atoms with Crippen molar-refractivity contribution in [1.82, 2.24) is 15.4 Å². The number of fused-ring (bicyclic) bond motifs is 1. The van der Waals surface area contributed by atoms with Crippen molar-refractivity contribution >= 4 is 29.4 Å². The third kappa shape index (κ3) is 4.34. The Balaban J connectivity index is 1.57. The van der Waals surface area contributed by atoms with E-state index in [0.717, 1.165) is 10.5 Å². The number of rotatable bonds is 7. The zero-order valence-electron chi connectivity index (χ0n) is 19.1. The lowest BCUT2D eigenvalue weighted by atomic mass is 10.0. The minimum atomic E-state index is -1.43. The van der Waals surface area contributed by atoms with Crippen molar-refractivity contribution in [3.8, 4) is 22.4 Å². The first-order valence-electron chi connectivity index (χ1n) is 11.1. The molecule has 2 amide bonds. The van der Waals surface area contributed by atoms with Crippen LogP contribution in [0.5, 0.6) is 0 Å². The number of nitrogens with one attached hydrogen (secondary N) is 1. The Morgan fingerprint density at radius 2 is 1.68 bits per heavy atom. The average Bonchev–Trinajstić information content (AvgIpc) is 3.54. The predicted octanol–water partition coefficient (Wildman–Crippen LogP) is 2.51. The topological polar surface area (TPSA) is 169 Å². The number of carbonyl (C=O) groups is 4. The molecule has 1 aliphatic rings. The van der Waals surface area contributed by atoms with Crippen LogP contribution >= 0.6 is 0 Å². The second-order valence-corrected chi connectivity index (χ2v) is 8.21. The molecule has 0 spiro atoms. The van der Waals surface area contributed by atoms with Gasteiger partial charge in [-0.05, 0) is 35.4 Å². The highest BCUT2D eigenvalue weighted by molar-refractivity contribution is 6.35.